The maximum atomic E-state index is 11.1. The smallest absolute Gasteiger partial charge is 0.368 e. The van der Waals surface area contributed by atoms with Crippen LogP contribution in [0.1, 0.15) is 18.1 Å². The maximum absolute atomic E-state index is 11.1. The third kappa shape index (κ3) is 5.60. The lowest BCUT2D eigenvalue weighted by Gasteiger charge is -2.39. The summed E-state index contributed by atoms with van der Waals surface area (Å²) in [5, 5.41) is 0. The Hall–Kier alpha value is -1.34. The standard InChI is InChI=1S/C20H27N2O4PS/c1-15-8-9-19(16(2)14-15)28-20-7-5-4-6-18(20)22-12-10-21(11-13-22)17(3)26-27(23,24)25/h4-9,14,17H,10-13H2,1-3H3,(H2,23,24,25)/t17-/m1/s1. The van der Waals surface area contributed by atoms with Gasteiger partial charge in [-0.3, -0.25) is 9.42 Å². The fourth-order valence-electron chi connectivity index (χ4n) is 3.43. The molecule has 1 saturated heterocycles. The Balaban J connectivity index is 1.69. The summed E-state index contributed by atoms with van der Waals surface area (Å²) < 4.78 is 15.9. The first-order chi connectivity index (χ1) is 13.2. The Morgan fingerprint density at radius 3 is 2.36 bits per heavy atom. The molecule has 1 aliphatic rings. The number of aryl methyl sites for hydroxylation is 2. The number of para-hydroxylation sites is 1. The minimum atomic E-state index is -4.48. The van der Waals surface area contributed by atoms with Gasteiger partial charge in [-0.25, -0.2) is 4.57 Å². The van der Waals surface area contributed by atoms with Gasteiger partial charge in [0, 0.05) is 36.0 Å². The molecule has 0 bridgehead atoms. The molecule has 2 aromatic rings. The minimum absolute atomic E-state index is 0.609. The maximum Gasteiger partial charge on any atom is 0.471 e. The number of benzene rings is 2. The van der Waals surface area contributed by atoms with Crippen molar-refractivity contribution in [2.75, 3.05) is 31.1 Å². The van der Waals surface area contributed by atoms with Crippen LogP contribution in [0.2, 0.25) is 0 Å². The molecule has 0 amide bonds. The van der Waals surface area contributed by atoms with Crippen molar-refractivity contribution < 1.29 is 18.9 Å². The summed E-state index contributed by atoms with van der Waals surface area (Å²) >= 11 is 1.78. The zero-order valence-electron chi connectivity index (χ0n) is 16.4. The van der Waals surface area contributed by atoms with E-state index in [0.717, 1.165) is 13.1 Å². The molecule has 0 radical (unpaired) electrons. The predicted molar refractivity (Wildman–Crippen MR) is 113 cm³/mol. The van der Waals surface area contributed by atoms with Gasteiger partial charge >= 0.3 is 7.82 Å². The van der Waals surface area contributed by atoms with Crippen molar-refractivity contribution in [1.82, 2.24) is 4.90 Å². The van der Waals surface area contributed by atoms with E-state index in [1.54, 1.807) is 18.7 Å². The van der Waals surface area contributed by atoms with Gasteiger partial charge in [-0.2, -0.15) is 0 Å². The lowest BCUT2D eigenvalue weighted by Crippen LogP contribution is -2.50. The van der Waals surface area contributed by atoms with E-state index in [-0.39, 0.29) is 0 Å². The van der Waals surface area contributed by atoms with E-state index in [2.05, 4.69) is 55.1 Å². The molecule has 2 aromatic carbocycles. The van der Waals surface area contributed by atoms with Crippen LogP contribution in [0.3, 0.4) is 0 Å². The van der Waals surface area contributed by atoms with Gasteiger partial charge in [-0.1, -0.05) is 41.6 Å². The number of hydrogen-bond acceptors (Lipinski definition) is 5. The second-order valence-electron chi connectivity index (χ2n) is 7.06. The van der Waals surface area contributed by atoms with Gasteiger partial charge in [0.05, 0.1) is 5.69 Å². The molecule has 1 aliphatic heterocycles. The SMILES string of the molecule is Cc1ccc(Sc2ccccc2N2CCN([C@@H](C)OP(=O)(O)O)CC2)c(C)c1. The van der Waals surface area contributed by atoms with E-state index in [4.69, 9.17) is 14.3 Å². The van der Waals surface area contributed by atoms with Crippen LogP contribution in [-0.4, -0.2) is 47.1 Å². The lowest BCUT2D eigenvalue weighted by molar-refractivity contribution is 0.0129. The number of nitrogens with zero attached hydrogens (tertiary/aromatic N) is 2. The summed E-state index contributed by atoms with van der Waals surface area (Å²) in [6, 6.07) is 14.9. The summed E-state index contributed by atoms with van der Waals surface area (Å²) in [7, 11) is -4.48. The first kappa shape index (κ1) is 21.4. The van der Waals surface area contributed by atoms with Crippen molar-refractivity contribution in [3.8, 4) is 0 Å². The van der Waals surface area contributed by atoms with Crippen molar-refractivity contribution in [1.29, 1.82) is 0 Å². The van der Waals surface area contributed by atoms with Crippen LogP contribution >= 0.6 is 19.6 Å². The highest BCUT2D eigenvalue weighted by atomic mass is 32.2. The van der Waals surface area contributed by atoms with Crippen molar-refractivity contribution in [3.05, 3.63) is 53.6 Å². The summed E-state index contributed by atoms with van der Waals surface area (Å²) in [6.45, 7) is 8.84. The topological polar surface area (TPSA) is 73.2 Å². The van der Waals surface area contributed by atoms with Crippen LogP contribution in [0.15, 0.2) is 52.3 Å². The average Bonchev–Trinajstić information content (AvgIpc) is 2.63. The summed E-state index contributed by atoms with van der Waals surface area (Å²) in [5.74, 6) is 0. The van der Waals surface area contributed by atoms with Gasteiger partial charge in [0.25, 0.3) is 0 Å². The molecule has 2 N–H and O–H groups in total. The Kier molecular flexibility index (Phi) is 6.86. The Morgan fingerprint density at radius 1 is 1.04 bits per heavy atom. The van der Waals surface area contributed by atoms with Gasteiger partial charge in [0.15, 0.2) is 0 Å². The Bertz CT molecular complexity index is 865. The monoisotopic (exact) mass is 422 g/mol. The molecule has 0 aromatic heterocycles. The van der Waals surface area contributed by atoms with Gasteiger partial charge in [0.2, 0.25) is 0 Å². The molecule has 28 heavy (non-hydrogen) atoms. The molecule has 6 nitrogen and oxygen atoms in total. The molecule has 1 fully saturated rings. The molecule has 0 unspecified atom stereocenters. The number of phosphoric ester groups is 1. The van der Waals surface area contributed by atoms with Gasteiger partial charge < -0.3 is 14.7 Å². The molecule has 152 valence electrons. The fourth-order valence-corrected chi connectivity index (χ4v) is 5.00. The number of anilines is 1. The van der Waals surface area contributed by atoms with Crippen LogP contribution in [-0.2, 0) is 9.09 Å². The van der Waals surface area contributed by atoms with E-state index in [0.29, 0.717) is 13.1 Å². The Labute approximate surface area is 170 Å². The third-order valence-electron chi connectivity index (χ3n) is 4.87. The number of hydrogen-bond donors (Lipinski definition) is 2. The summed E-state index contributed by atoms with van der Waals surface area (Å²) in [6.07, 6.45) is -0.609. The molecular weight excluding hydrogens is 395 g/mol. The summed E-state index contributed by atoms with van der Waals surface area (Å²) in [5.41, 5.74) is 3.72. The third-order valence-corrected chi connectivity index (χ3v) is 6.70. The zero-order chi connectivity index (χ0) is 20.3. The van der Waals surface area contributed by atoms with Crippen molar-refractivity contribution >= 4 is 25.3 Å². The number of phosphoric acid groups is 1. The van der Waals surface area contributed by atoms with E-state index < -0.39 is 14.1 Å². The van der Waals surface area contributed by atoms with E-state index in [1.165, 1.54) is 26.6 Å². The van der Waals surface area contributed by atoms with Crippen molar-refractivity contribution in [2.45, 2.75) is 36.8 Å². The average molecular weight is 422 g/mol. The highest BCUT2D eigenvalue weighted by molar-refractivity contribution is 7.99. The first-order valence-corrected chi connectivity index (χ1v) is 11.6. The lowest BCUT2D eigenvalue weighted by atomic mass is 10.2. The Morgan fingerprint density at radius 2 is 1.71 bits per heavy atom. The molecule has 1 heterocycles. The molecule has 8 heteroatoms. The predicted octanol–water partition coefficient (Wildman–Crippen LogP) is 4.03. The molecular formula is C20H27N2O4PS. The van der Waals surface area contributed by atoms with Crippen LogP contribution in [0, 0.1) is 13.8 Å². The number of rotatable bonds is 6. The molecule has 0 aliphatic carbocycles. The molecule has 0 spiro atoms. The van der Waals surface area contributed by atoms with Crippen molar-refractivity contribution in [2.24, 2.45) is 0 Å². The molecule has 1 atom stereocenters. The van der Waals surface area contributed by atoms with E-state index in [1.807, 2.05) is 11.0 Å². The highest BCUT2D eigenvalue weighted by Gasteiger charge is 2.27. The molecule has 3 rings (SSSR count). The minimum Gasteiger partial charge on any atom is -0.368 e. The van der Waals surface area contributed by atoms with Crippen LogP contribution in [0.5, 0.6) is 0 Å². The van der Waals surface area contributed by atoms with Gasteiger partial charge in [0.1, 0.15) is 6.23 Å². The quantitative estimate of drug-likeness (QED) is 0.681. The summed E-state index contributed by atoms with van der Waals surface area (Å²) in [4.78, 5) is 24.8. The number of piperazine rings is 1. The van der Waals surface area contributed by atoms with Crippen molar-refractivity contribution in [3.63, 3.8) is 0 Å². The fraction of sp³-hybridized carbons (Fsp3) is 0.400. The second kappa shape index (κ2) is 8.99. The van der Waals surface area contributed by atoms with Crippen LogP contribution < -0.4 is 4.90 Å². The van der Waals surface area contributed by atoms with Gasteiger partial charge in [-0.05, 0) is 44.5 Å². The first-order valence-electron chi connectivity index (χ1n) is 9.30. The van der Waals surface area contributed by atoms with Gasteiger partial charge in [-0.15, -0.1) is 0 Å². The van der Waals surface area contributed by atoms with E-state index in [9.17, 15) is 4.57 Å². The molecule has 0 saturated carbocycles. The van der Waals surface area contributed by atoms with E-state index >= 15 is 0 Å². The highest BCUT2D eigenvalue weighted by Crippen LogP contribution is 2.39. The normalized spacial score (nSPS) is 17.0. The van der Waals surface area contributed by atoms with Crippen LogP contribution in [0.4, 0.5) is 5.69 Å². The largest absolute Gasteiger partial charge is 0.471 e. The second-order valence-corrected chi connectivity index (χ2v) is 9.33. The van der Waals surface area contributed by atoms with Crippen LogP contribution in [0.25, 0.3) is 0 Å². The zero-order valence-corrected chi connectivity index (χ0v) is 18.1.